The first kappa shape index (κ1) is 12.1. The molecular formula is C10H22OP+. The Bertz CT molecular complexity index is 104. The van der Waals surface area contributed by atoms with Crippen LogP contribution in [-0.2, 0) is 4.57 Å². The molecule has 0 fully saturated rings. The Hall–Kier alpha value is 0.100. The fraction of sp³-hybridized carbons (Fsp3) is 1.00. The van der Waals surface area contributed by atoms with Crippen LogP contribution in [0.3, 0.4) is 0 Å². The first-order valence-corrected chi connectivity index (χ1v) is 6.21. The molecule has 0 aliphatic carbocycles. The molecule has 0 aromatic rings. The van der Waals surface area contributed by atoms with Gasteiger partial charge in [-0.15, -0.1) is 0 Å². The molecule has 0 saturated carbocycles. The maximum Gasteiger partial charge on any atom is 0.327 e. The van der Waals surface area contributed by atoms with Gasteiger partial charge in [-0.05, 0) is 19.3 Å². The van der Waals surface area contributed by atoms with E-state index in [0.717, 1.165) is 6.42 Å². The number of hydrogen-bond donors (Lipinski definition) is 0. The molecule has 2 heteroatoms. The molecule has 0 heterocycles. The lowest BCUT2D eigenvalue weighted by Crippen LogP contribution is -1.97. The second kappa shape index (κ2) is 9.19. The third-order valence-electron chi connectivity index (χ3n) is 2.21. The van der Waals surface area contributed by atoms with Crippen LogP contribution in [-0.4, -0.2) is 5.66 Å². The fourth-order valence-electron chi connectivity index (χ4n) is 1.43. The fourth-order valence-corrected chi connectivity index (χ4v) is 2.16. The molecule has 0 bridgehead atoms. The minimum absolute atomic E-state index is 0.0824. The van der Waals surface area contributed by atoms with Gasteiger partial charge in [0, 0.05) is 0 Å². The van der Waals surface area contributed by atoms with Crippen molar-refractivity contribution in [3.05, 3.63) is 0 Å². The second-order valence-electron chi connectivity index (χ2n) is 3.45. The van der Waals surface area contributed by atoms with Gasteiger partial charge in [0.15, 0.2) is 5.66 Å². The van der Waals surface area contributed by atoms with Gasteiger partial charge in [0.1, 0.15) is 0 Å². The lowest BCUT2D eigenvalue weighted by Gasteiger charge is -2.01. The maximum absolute atomic E-state index is 10.7. The summed E-state index contributed by atoms with van der Waals surface area (Å²) in [5, 5.41) is 0. The highest BCUT2D eigenvalue weighted by Crippen LogP contribution is 2.20. The van der Waals surface area contributed by atoms with Gasteiger partial charge in [-0.3, -0.25) is 0 Å². The normalized spacial score (nSPS) is 13.5. The first-order valence-electron chi connectivity index (χ1n) is 5.22. The lowest BCUT2D eigenvalue weighted by atomic mass is 10.1. The Morgan fingerprint density at radius 3 is 2.25 bits per heavy atom. The summed E-state index contributed by atoms with van der Waals surface area (Å²) < 4.78 is 10.7. The van der Waals surface area contributed by atoms with Crippen LogP contribution < -0.4 is 0 Å². The van der Waals surface area contributed by atoms with Gasteiger partial charge in [0.05, 0.1) is 0 Å². The number of unbranched alkanes of at least 4 members (excludes halogenated alkanes) is 3. The Morgan fingerprint density at radius 2 is 1.75 bits per heavy atom. The van der Waals surface area contributed by atoms with Crippen molar-refractivity contribution in [3.63, 3.8) is 0 Å². The molecular weight excluding hydrogens is 167 g/mol. The van der Waals surface area contributed by atoms with Crippen LogP contribution in [0.1, 0.15) is 58.8 Å². The zero-order valence-electron chi connectivity index (χ0n) is 8.44. The van der Waals surface area contributed by atoms with Gasteiger partial charge >= 0.3 is 8.46 Å². The Kier molecular flexibility index (Phi) is 9.27. The predicted octanol–water partition coefficient (Wildman–Crippen LogP) is 4.15. The van der Waals surface area contributed by atoms with Crippen molar-refractivity contribution in [2.45, 2.75) is 64.5 Å². The summed E-state index contributed by atoms with van der Waals surface area (Å²) in [5.41, 5.74) is 0.492. The first-order chi connectivity index (χ1) is 5.85. The van der Waals surface area contributed by atoms with E-state index in [4.69, 9.17) is 0 Å². The molecule has 0 aromatic carbocycles. The van der Waals surface area contributed by atoms with E-state index >= 15 is 0 Å². The van der Waals surface area contributed by atoms with Gasteiger partial charge in [0.25, 0.3) is 0 Å². The Labute approximate surface area is 78.1 Å². The minimum Gasteiger partial charge on any atom is -0.0772 e. The van der Waals surface area contributed by atoms with Crippen molar-refractivity contribution in [3.8, 4) is 0 Å². The lowest BCUT2D eigenvalue weighted by molar-refractivity contribution is 0.556. The summed E-state index contributed by atoms with van der Waals surface area (Å²) >= 11 is 0. The van der Waals surface area contributed by atoms with Crippen molar-refractivity contribution in [2.75, 3.05) is 0 Å². The SMILES string of the molecule is CCCCCCC(CCC)[PH+]=O. The molecule has 0 radical (unpaired) electrons. The van der Waals surface area contributed by atoms with Gasteiger partial charge < -0.3 is 0 Å². The third kappa shape index (κ3) is 6.79. The van der Waals surface area contributed by atoms with E-state index in [1.807, 2.05) is 0 Å². The van der Waals surface area contributed by atoms with Crippen molar-refractivity contribution in [1.82, 2.24) is 0 Å². The second-order valence-corrected chi connectivity index (χ2v) is 4.50. The largest absolute Gasteiger partial charge is 0.327 e. The topological polar surface area (TPSA) is 17.1 Å². The van der Waals surface area contributed by atoms with E-state index in [-0.39, 0.29) is 8.46 Å². The monoisotopic (exact) mass is 189 g/mol. The molecule has 0 aliphatic rings. The summed E-state index contributed by atoms with van der Waals surface area (Å²) in [5.74, 6) is 0. The van der Waals surface area contributed by atoms with Gasteiger partial charge in [-0.2, -0.15) is 0 Å². The van der Waals surface area contributed by atoms with Crippen LogP contribution in [0.15, 0.2) is 0 Å². The molecule has 2 atom stereocenters. The van der Waals surface area contributed by atoms with Crippen molar-refractivity contribution in [2.24, 2.45) is 0 Å². The van der Waals surface area contributed by atoms with Crippen LogP contribution in [0.2, 0.25) is 0 Å². The van der Waals surface area contributed by atoms with E-state index in [2.05, 4.69) is 13.8 Å². The Morgan fingerprint density at radius 1 is 1.00 bits per heavy atom. The van der Waals surface area contributed by atoms with Gasteiger partial charge in [-0.25, -0.2) is 0 Å². The van der Waals surface area contributed by atoms with Crippen LogP contribution in [0, 0.1) is 0 Å². The molecule has 72 valence electrons. The standard InChI is InChI=1S/C10H21OP/c1-3-5-6-7-9-10(12-11)8-4-2/h10H,3-9H2,1-2H3/p+1. The molecule has 0 spiro atoms. The average Bonchev–Trinajstić information content (AvgIpc) is 2.10. The molecule has 0 rings (SSSR count). The van der Waals surface area contributed by atoms with Gasteiger partial charge in [0.2, 0.25) is 0 Å². The molecule has 0 aromatic heterocycles. The Balaban J connectivity index is 3.25. The molecule has 0 N–H and O–H groups in total. The average molecular weight is 189 g/mol. The van der Waals surface area contributed by atoms with Crippen LogP contribution >= 0.6 is 8.46 Å². The molecule has 12 heavy (non-hydrogen) atoms. The molecule has 2 unspecified atom stereocenters. The minimum atomic E-state index is -0.0824. The zero-order valence-corrected chi connectivity index (χ0v) is 9.44. The summed E-state index contributed by atoms with van der Waals surface area (Å²) in [4.78, 5) is 0. The quantitative estimate of drug-likeness (QED) is 0.414. The highest BCUT2D eigenvalue weighted by molar-refractivity contribution is 7.24. The highest BCUT2D eigenvalue weighted by atomic mass is 31.1. The van der Waals surface area contributed by atoms with Crippen LogP contribution in [0.5, 0.6) is 0 Å². The van der Waals surface area contributed by atoms with Crippen molar-refractivity contribution in [1.29, 1.82) is 0 Å². The van der Waals surface area contributed by atoms with Crippen LogP contribution in [0.4, 0.5) is 0 Å². The summed E-state index contributed by atoms with van der Waals surface area (Å²) in [7, 11) is -0.0824. The van der Waals surface area contributed by atoms with E-state index in [1.165, 1.54) is 38.5 Å². The highest BCUT2D eigenvalue weighted by Gasteiger charge is 2.13. The molecule has 1 nitrogen and oxygen atoms in total. The summed E-state index contributed by atoms with van der Waals surface area (Å²) in [6.07, 6.45) is 8.71. The van der Waals surface area contributed by atoms with E-state index in [9.17, 15) is 4.57 Å². The van der Waals surface area contributed by atoms with E-state index in [0.29, 0.717) is 5.66 Å². The zero-order chi connectivity index (χ0) is 9.23. The molecule has 0 amide bonds. The van der Waals surface area contributed by atoms with E-state index < -0.39 is 0 Å². The maximum atomic E-state index is 10.7. The summed E-state index contributed by atoms with van der Waals surface area (Å²) in [6, 6.07) is 0. The third-order valence-corrected chi connectivity index (χ3v) is 3.12. The van der Waals surface area contributed by atoms with Gasteiger partial charge in [-0.1, -0.05) is 44.1 Å². The number of hydrogen-bond acceptors (Lipinski definition) is 1. The predicted molar refractivity (Wildman–Crippen MR) is 56.5 cm³/mol. The molecule has 0 aliphatic heterocycles. The molecule has 0 saturated heterocycles. The van der Waals surface area contributed by atoms with E-state index in [1.54, 1.807) is 0 Å². The van der Waals surface area contributed by atoms with Crippen molar-refractivity contribution >= 4 is 8.46 Å². The van der Waals surface area contributed by atoms with Crippen molar-refractivity contribution < 1.29 is 4.57 Å². The smallest absolute Gasteiger partial charge is 0.0772 e. The number of rotatable bonds is 8. The summed E-state index contributed by atoms with van der Waals surface area (Å²) in [6.45, 7) is 4.39. The van der Waals surface area contributed by atoms with Crippen LogP contribution in [0.25, 0.3) is 0 Å².